The molecule has 3 rings (SSSR count). The van der Waals surface area contributed by atoms with Crippen molar-refractivity contribution in [2.45, 2.75) is 22.9 Å². The van der Waals surface area contributed by atoms with Crippen molar-refractivity contribution < 1.29 is 28.8 Å². The minimum atomic E-state index is -1.04. The predicted octanol–water partition coefficient (Wildman–Crippen LogP) is 1.59. The van der Waals surface area contributed by atoms with Crippen LogP contribution in [0.4, 0.5) is 0 Å². The Morgan fingerprint density at radius 3 is 2.11 bits per heavy atom. The molecule has 0 aromatic heterocycles. The van der Waals surface area contributed by atoms with E-state index >= 15 is 0 Å². The van der Waals surface area contributed by atoms with Gasteiger partial charge in [-0.2, -0.15) is 0 Å². The summed E-state index contributed by atoms with van der Waals surface area (Å²) in [6.07, 6.45) is -1.72. The molecule has 1 aliphatic heterocycles. The third-order valence-corrected chi connectivity index (χ3v) is 5.46. The van der Waals surface area contributed by atoms with E-state index in [-0.39, 0.29) is 6.61 Å². The van der Waals surface area contributed by atoms with Crippen molar-refractivity contribution in [2.75, 3.05) is 6.61 Å². The molecule has 141 valence electrons. The third kappa shape index (κ3) is 4.91. The Bertz CT molecular complexity index is 820. The summed E-state index contributed by atoms with van der Waals surface area (Å²) in [7, 11) is 6.35. The first-order valence-electron chi connectivity index (χ1n) is 8.60. The zero-order valence-electron chi connectivity index (χ0n) is 14.8. The first-order valence-corrected chi connectivity index (χ1v) is 9.55. The van der Waals surface area contributed by atoms with Crippen LogP contribution in [0.15, 0.2) is 60.7 Å². The number of thioether (sulfide) groups is 1. The molecule has 1 unspecified atom stereocenters. The van der Waals surface area contributed by atoms with Gasteiger partial charge in [0.1, 0.15) is 0 Å². The number of carbonyl (C=O) groups is 2. The van der Waals surface area contributed by atoms with Gasteiger partial charge in [-0.25, -0.2) is 0 Å². The summed E-state index contributed by atoms with van der Waals surface area (Å²) in [6, 6.07) is 17.0. The van der Waals surface area contributed by atoms with Crippen LogP contribution in [0.5, 0.6) is 0 Å². The van der Waals surface area contributed by atoms with E-state index in [0.717, 1.165) is 18.8 Å². The molecular formula is C19H17B2O6S. The number of rotatable bonds is 7. The number of aliphatic hydroxyl groups is 1. The van der Waals surface area contributed by atoms with Gasteiger partial charge in [-0.3, -0.25) is 0 Å². The van der Waals surface area contributed by atoms with E-state index < -0.39 is 34.8 Å². The van der Waals surface area contributed by atoms with E-state index in [2.05, 4.69) is 0 Å². The number of hydrogen-bond acceptors (Lipinski definition) is 7. The van der Waals surface area contributed by atoms with E-state index in [1.54, 1.807) is 60.7 Å². The molecule has 1 radical (unpaired) electrons. The third-order valence-electron chi connectivity index (χ3n) is 4.16. The Kier molecular flexibility index (Phi) is 7.06. The van der Waals surface area contributed by atoms with Crippen molar-refractivity contribution in [3.8, 4) is 0 Å². The molecule has 4 atom stereocenters. The monoisotopic (exact) mass is 395 g/mol. The average Bonchev–Trinajstić information content (AvgIpc) is 3.02. The summed E-state index contributed by atoms with van der Waals surface area (Å²) in [5.74, 6) is -1.08. The van der Waals surface area contributed by atoms with E-state index in [1.165, 1.54) is 0 Å². The van der Waals surface area contributed by atoms with Crippen LogP contribution in [0.25, 0.3) is 0 Å². The van der Waals surface area contributed by atoms with Crippen molar-refractivity contribution in [3.63, 3.8) is 0 Å². The number of esters is 2. The number of aliphatic hydroxyl groups excluding tert-OH is 1. The summed E-state index contributed by atoms with van der Waals surface area (Å²) >= 11 is 1.10. The van der Waals surface area contributed by atoms with Crippen molar-refractivity contribution in [2.24, 2.45) is 0 Å². The van der Waals surface area contributed by atoms with Gasteiger partial charge in [0.15, 0.2) is 0 Å². The Balaban J connectivity index is 1.65. The van der Waals surface area contributed by atoms with Crippen LogP contribution in [0.3, 0.4) is 0 Å². The van der Waals surface area contributed by atoms with Crippen LogP contribution in [0.1, 0.15) is 20.7 Å². The van der Waals surface area contributed by atoms with Crippen LogP contribution in [0.2, 0.25) is 0 Å². The second-order valence-corrected chi connectivity index (χ2v) is 7.36. The van der Waals surface area contributed by atoms with Crippen molar-refractivity contribution >= 4 is 38.1 Å². The number of benzene rings is 2. The average molecular weight is 395 g/mol. The van der Waals surface area contributed by atoms with Gasteiger partial charge in [0, 0.05) is 0 Å². The molecule has 0 bridgehead atoms. The fourth-order valence-electron chi connectivity index (χ4n) is 2.80. The van der Waals surface area contributed by atoms with Gasteiger partial charge in [-0.05, 0) is 0 Å². The Morgan fingerprint density at radius 2 is 1.54 bits per heavy atom. The van der Waals surface area contributed by atoms with Gasteiger partial charge in [0.25, 0.3) is 0 Å². The Labute approximate surface area is 168 Å². The van der Waals surface area contributed by atoms with Crippen molar-refractivity contribution in [1.29, 1.82) is 0 Å². The fraction of sp³-hybridized carbons (Fsp3) is 0.263. The van der Waals surface area contributed by atoms with Gasteiger partial charge < -0.3 is 0 Å². The topological polar surface area (TPSA) is 82.1 Å². The van der Waals surface area contributed by atoms with Crippen molar-refractivity contribution in [3.05, 3.63) is 71.8 Å². The van der Waals surface area contributed by atoms with Gasteiger partial charge in [0.2, 0.25) is 0 Å². The van der Waals surface area contributed by atoms with E-state index in [0.29, 0.717) is 11.1 Å². The molecule has 1 fully saturated rings. The van der Waals surface area contributed by atoms with E-state index in [4.69, 9.17) is 21.5 Å². The molecule has 0 saturated carbocycles. The summed E-state index contributed by atoms with van der Waals surface area (Å²) < 4.78 is 16.2. The maximum atomic E-state index is 12.3. The van der Waals surface area contributed by atoms with Gasteiger partial charge in [-0.1, -0.05) is 0 Å². The van der Waals surface area contributed by atoms with Crippen LogP contribution in [-0.2, 0) is 14.1 Å². The predicted molar refractivity (Wildman–Crippen MR) is 106 cm³/mol. The first-order chi connectivity index (χ1) is 13.6. The summed E-state index contributed by atoms with van der Waals surface area (Å²) in [5.41, 5.74) is -0.270. The van der Waals surface area contributed by atoms with Crippen LogP contribution in [0, 0.1) is 0 Å². The van der Waals surface area contributed by atoms with Gasteiger partial charge in [0.05, 0.1) is 0 Å². The van der Waals surface area contributed by atoms with E-state index in [1.807, 2.05) is 0 Å². The molecule has 9 heteroatoms. The Morgan fingerprint density at radius 1 is 0.964 bits per heavy atom. The molecular weight excluding hydrogens is 378 g/mol. The number of carbonyl (C=O) groups excluding carboxylic acids is 2. The minimum absolute atomic E-state index is 0.0344. The SMILES string of the molecule is [B]=BO[C@@H]1[C@@H](COC(=O)c2ccccc2)SC(O)[C@@H]1OC(=O)c1ccccc1. The van der Waals surface area contributed by atoms with Gasteiger partial charge in [-0.15, -0.1) is 0 Å². The second kappa shape index (κ2) is 9.71. The molecule has 1 aliphatic rings. The second-order valence-electron chi connectivity index (χ2n) is 6.00. The standard InChI is InChI=1S/C19H17B2O6S/c20-21-27-15-14(11-25-17(22)12-7-3-1-4-8-12)28-19(24)16(15)26-18(23)13-9-5-2-6-10-13/h1-10,14-16,19,24H,11H2/t14-,15-,16-,19?/m1/s1. The van der Waals surface area contributed by atoms with Crippen LogP contribution in [-0.4, -0.2) is 60.9 Å². The zero-order chi connectivity index (χ0) is 19.9. The zero-order valence-corrected chi connectivity index (χ0v) is 15.7. The molecule has 6 nitrogen and oxygen atoms in total. The Hall–Kier alpha value is -2.38. The van der Waals surface area contributed by atoms with Gasteiger partial charge >= 0.3 is 168 Å². The quantitative estimate of drug-likeness (QED) is 0.564. The summed E-state index contributed by atoms with van der Waals surface area (Å²) in [5, 5.41) is 9.88. The van der Waals surface area contributed by atoms with E-state index in [9.17, 15) is 14.7 Å². The number of ether oxygens (including phenoxy) is 2. The molecule has 1 N–H and O–H groups in total. The van der Waals surface area contributed by atoms with Crippen LogP contribution >= 0.6 is 11.8 Å². The molecule has 0 spiro atoms. The molecule has 2 aromatic carbocycles. The maximum absolute atomic E-state index is 12.3. The molecule has 1 heterocycles. The fourth-order valence-corrected chi connectivity index (χ4v) is 4.05. The molecule has 2 aromatic rings. The molecule has 28 heavy (non-hydrogen) atoms. The molecule has 0 amide bonds. The molecule has 1 saturated heterocycles. The molecule has 0 aliphatic carbocycles. The van der Waals surface area contributed by atoms with Crippen LogP contribution < -0.4 is 0 Å². The number of hydrogen-bond donors (Lipinski definition) is 1. The van der Waals surface area contributed by atoms with Crippen molar-refractivity contribution in [1.82, 2.24) is 0 Å². The summed E-state index contributed by atoms with van der Waals surface area (Å²) in [6.45, 7) is -0.0344. The first kappa shape index (κ1) is 20.4. The normalized spacial score (nSPS) is 23.4. The summed E-state index contributed by atoms with van der Waals surface area (Å²) in [4.78, 5) is 24.5.